The molecule has 0 aliphatic rings. The zero-order valence-electron chi connectivity index (χ0n) is 13.0. The molecular weight excluding hydrogens is 363 g/mol. The van der Waals surface area contributed by atoms with Crippen LogP contribution in [-0.4, -0.2) is 21.8 Å². The molecule has 0 unspecified atom stereocenters. The molecule has 25 heavy (non-hydrogen) atoms. The van der Waals surface area contributed by atoms with Gasteiger partial charge in [0.05, 0.1) is 21.1 Å². The van der Waals surface area contributed by atoms with Gasteiger partial charge in [-0.25, -0.2) is 10.5 Å². The maximum Gasteiger partial charge on any atom is 0.292 e. The van der Waals surface area contributed by atoms with Gasteiger partial charge in [-0.3, -0.25) is 9.59 Å². The van der Waals surface area contributed by atoms with Crippen LogP contribution in [0.2, 0.25) is 10.0 Å². The number of aromatic nitrogens is 2. The molecule has 3 rings (SSSR count). The van der Waals surface area contributed by atoms with Crippen molar-refractivity contribution in [1.29, 1.82) is 0 Å². The van der Waals surface area contributed by atoms with Crippen LogP contribution in [0.25, 0.3) is 10.8 Å². The van der Waals surface area contributed by atoms with Crippen molar-refractivity contribution in [2.75, 3.05) is 0 Å². The smallest absolute Gasteiger partial charge is 0.267 e. The number of aromatic amines is 1. The topological polar surface area (TPSA) is 87.2 Å². The molecule has 2 N–H and O–H groups in total. The number of hydrogen-bond donors (Lipinski definition) is 2. The van der Waals surface area contributed by atoms with E-state index in [0.717, 1.165) is 0 Å². The summed E-state index contributed by atoms with van der Waals surface area (Å²) in [5, 5.41) is 11.9. The van der Waals surface area contributed by atoms with Crippen molar-refractivity contribution >= 4 is 45.6 Å². The van der Waals surface area contributed by atoms with Gasteiger partial charge in [-0.2, -0.15) is 10.2 Å². The van der Waals surface area contributed by atoms with Crippen LogP contribution in [0.15, 0.2) is 52.4 Å². The van der Waals surface area contributed by atoms with E-state index >= 15 is 0 Å². The molecule has 126 valence electrons. The third-order valence-corrected chi connectivity index (χ3v) is 4.31. The summed E-state index contributed by atoms with van der Waals surface area (Å²) >= 11 is 11.9. The van der Waals surface area contributed by atoms with Gasteiger partial charge in [0.15, 0.2) is 5.69 Å². The number of carbonyl (C=O) groups is 1. The molecule has 0 spiro atoms. The molecule has 0 aliphatic carbocycles. The number of nitrogens with one attached hydrogen (secondary N) is 2. The highest BCUT2D eigenvalue weighted by Crippen LogP contribution is 2.22. The highest BCUT2D eigenvalue weighted by molar-refractivity contribution is 6.42. The summed E-state index contributed by atoms with van der Waals surface area (Å²) in [4.78, 5) is 24.1. The Balaban J connectivity index is 1.89. The van der Waals surface area contributed by atoms with E-state index in [2.05, 4.69) is 20.7 Å². The lowest BCUT2D eigenvalue weighted by atomic mass is 10.1. The number of carbonyl (C=O) groups excluding carboxylic acids is 1. The molecule has 0 bridgehead atoms. The lowest BCUT2D eigenvalue weighted by Gasteiger charge is -2.05. The molecule has 1 amide bonds. The quantitative estimate of drug-likeness (QED) is 0.544. The van der Waals surface area contributed by atoms with Gasteiger partial charge in [0.1, 0.15) is 0 Å². The largest absolute Gasteiger partial charge is 0.292 e. The van der Waals surface area contributed by atoms with Crippen molar-refractivity contribution in [1.82, 2.24) is 15.6 Å². The van der Waals surface area contributed by atoms with Gasteiger partial charge in [0.2, 0.25) is 0 Å². The first-order valence-electron chi connectivity index (χ1n) is 7.25. The molecule has 2 aromatic carbocycles. The van der Waals surface area contributed by atoms with E-state index in [1.165, 1.54) is 0 Å². The van der Waals surface area contributed by atoms with Crippen molar-refractivity contribution in [3.63, 3.8) is 0 Å². The van der Waals surface area contributed by atoms with Gasteiger partial charge in [-0.05, 0) is 30.7 Å². The minimum absolute atomic E-state index is 0.0842. The number of hydrazone groups is 1. The number of benzene rings is 2. The SMILES string of the molecule is C/C(=N\NC(=O)c1n[nH]c(=O)c2ccccc12)c1ccc(Cl)c(Cl)c1. The van der Waals surface area contributed by atoms with E-state index in [-0.39, 0.29) is 11.3 Å². The fraction of sp³-hybridized carbons (Fsp3) is 0.0588. The highest BCUT2D eigenvalue weighted by atomic mass is 35.5. The Morgan fingerprint density at radius 2 is 1.84 bits per heavy atom. The first-order chi connectivity index (χ1) is 12.0. The molecule has 3 aromatic rings. The van der Waals surface area contributed by atoms with E-state index in [1.54, 1.807) is 49.4 Å². The highest BCUT2D eigenvalue weighted by Gasteiger charge is 2.13. The van der Waals surface area contributed by atoms with Crippen LogP contribution >= 0.6 is 23.2 Å². The standard InChI is InChI=1S/C17H12Cl2N4O2/c1-9(10-6-7-13(18)14(19)8-10)20-23-17(25)15-11-4-2-3-5-12(11)16(24)22-21-15/h2-8H,1H3,(H,22,24)(H,23,25)/b20-9+. The minimum atomic E-state index is -0.535. The summed E-state index contributed by atoms with van der Waals surface area (Å²) < 4.78 is 0. The lowest BCUT2D eigenvalue weighted by Crippen LogP contribution is -2.23. The third-order valence-electron chi connectivity index (χ3n) is 3.57. The van der Waals surface area contributed by atoms with E-state index in [1.807, 2.05) is 0 Å². The van der Waals surface area contributed by atoms with Gasteiger partial charge in [-0.1, -0.05) is 47.5 Å². The van der Waals surface area contributed by atoms with Crippen LogP contribution in [0.5, 0.6) is 0 Å². The average molecular weight is 375 g/mol. The maximum atomic E-state index is 12.4. The van der Waals surface area contributed by atoms with Crippen LogP contribution in [0.4, 0.5) is 0 Å². The van der Waals surface area contributed by atoms with Crippen LogP contribution in [-0.2, 0) is 0 Å². The van der Waals surface area contributed by atoms with Gasteiger partial charge in [0, 0.05) is 5.39 Å². The van der Waals surface area contributed by atoms with Crippen molar-refractivity contribution in [2.24, 2.45) is 5.10 Å². The van der Waals surface area contributed by atoms with Crippen molar-refractivity contribution in [3.05, 3.63) is 74.1 Å². The number of halogens is 2. The van der Waals surface area contributed by atoms with Gasteiger partial charge >= 0.3 is 0 Å². The summed E-state index contributed by atoms with van der Waals surface area (Å²) in [6.45, 7) is 1.72. The van der Waals surface area contributed by atoms with Gasteiger partial charge < -0.3 is 0 Å². The summed E-state index contributed by atoms with van der Waals surface area (Å²) in [7, 11) is 0. The molecule has 0 atom stereocenters. The predicted octanol–water partition coefficient (Wildman–Crippen LogP) is 3.38. The van der Waals surface area contributed by atoms with E-state index < -0.39 is 5.91 Å². The summed E-state index contributed by atoms with van der Waals surface area (Å²) in [5.74, 6) is -0.535. The fourth-order valence-corrected chi connectivity index (χ4v) is 2.56. The molecule has 0 radical (unpaired) electrons. The Labute approximate surface area is 152 Å². The molecule has 0 fully saturated rings. The Morgan fingerprint density at radius 3 is 2.56 bits per heavy atom. The molecule has 1 heterocycles. The Bertz CT molecular complexity index is 1060. The van der Waals surface area contributed by atoms with Gasteiger partial charge in [0.25, 0.3) is 11.5 Å². The Kier molecular flexibility index (Phi) is 4.83. The molecule has 8 heteroatoms. The van der Waals surface area contributed by atoms with Crippen LogP contribution < -0.4 is 11.0 Å². The summed E-state index contributed by atoms with van der Waals surface area (Å²) in [5.41, 5.74) is 3.42. The monoisotopic (exact) mass is 374 g/mol. The first kappa shape index (κ1) is 17.1. The second-order valence-corrected chi connectivity index (χ2v) is 6.03. The zero-order valence-corrected chi connectivity index (χ0v) is 14.5. The number of H-pyrrole nitrogens is 1. The molecule has 6 nitrogen and oxygen atoms in total. The molecule has 0 saturated heterocycles. The second kappa shape index (κ2) is 7.04. The van der Waals surface area contributed by atoms with E-state index in [9.17, 15) is 9.59 Å². The predicted molar refractivity (Wildman–Crippen MR) is 98.5 cm³/mol. The van der Waals surface area contributed by atoms with Crippen molar-refractivity contribution < 1.29 is 4.79 Å². The Morgan fingerprint density at radius 1 is 1.12 bits per heavy atom. The third kappa shape index (κ3) is 3.55. The van der Waals surface area contributed by atoms with Crippen LogP contribution in [0.3, 0.4) is 0 Å². The maximum absolute atomic E-state index is 12.4. The molecule has 0 saturated carbocycles. The number of rotatable bonds is 3. The second-order valence-electron chi connectivity index (χ2n) is 5.21. The summed E-state index contributed by atoms with van der Waals surface area (Å²) in [6.07, 6.45) is 0. The number of fused-ring (bicyclic) bond motifs is 1. The van der Waals surface area contributed by atoms with Crippen molar-refractivity contribution in [2.45, 2.75) is 6.92 Å². The molecule has 1 aromatic heterocycles. The number of amides is 1. The van der Waals surface area contributed by atoms with E-state index in [0.29, 0.717) is 32.1 Å². The van der Waals surface area contributed by atoms with Crippen LogP contribution in [0, 0.1) is 0 Å². The summed E-state index contributed by atoms with van der Waals surface area (Å²) in [6, 6.07) is 11.8. The van der Waals surface area contributed by atoms with Gasteiger partial charge in [-0.15, -0.1) is 0 Å². The Hall–Kier alpha value is -2.70. The minimum Gasteiger partial charge on any atom is -0.267 e. The van der Waals surface area contributed by atoms with E-state index in [4.69, 9.17) is 23.2 Å². The van der Waals surface area contributed by atoms with Crippen molar-refractivity contribution in [3.8, 4) is 0 Å². The number of hydrogen-bond acceptors (Lipinski definition) is 4. The normalized spacial score (nSPS) is 11.6. The molecule has 0 aliphatic heterocycles. The average Bonchev–Trinajstić information content (AvgIpc) is 2.62. The fourth-order valence-electron chi connectivity index (χ4n) is 2.26. The first-order valence-corrected chi connectivity index (χ1v) is 8.00. The van der Waals surface area contributed by atoms with Crippen LogP contribution in [0.1, 0.15) is 23.0 Å². The lowest BCUT2D eigenvalue weighted by molar-refractivity contribution is 0.0950. The molecular formula is C17H12Cl2N4O2. The number of nitrogens with zero attached hydrogens (tertiary/aromatic N) is 2. The zero-order chi connectivity index (χ0) is 18.0.